The summed E-state index contributed by atoms with van der Waals surface area (Å²) in [6.07, 6.45) is 7.11. The number of hydrogen-bond donors (Lipinski definition) is 2. The van der Waals surface area contributed by atoms with Crippen molar-refractivity contribution >= 4 is 32.8 Å². The van der Waals surface area contributed by atoms with Gasteiger partial charge in [-0.25, -0.2) is 17.7 Å². The number of hydrogen-bond acceptors (Lipinski definition) is 9. The summed E-state index contributed by atoms with van der Waals surface area (Å²) >= 11 is 0. The highest BCUT2D eigenvalue weighted by atomic mass is 32.2. The average Bonchev–Trinajstić information content (AvgIpc) is 3.56. The number of sulfonamides is 1. The molecule has 2 aliphatic heterocycles. The second-order valence-electron chi connectivity index (χ2n) is 10.3. The number of anilines is 1. The zero-order valence-corrected chi connectivity index (χ0v) is 23.3. The highest BCUT2D eigenvalue weighted by Crippen LogP contribution is 2.34. The van der Waals surface area contributed by atoms with Crippen molar-refractivity contribution in [3.05, 3.63) is 41.9 Å². The van der Waals surface area contributed by atoms with E-state index in [1.165, 1.54) is 16.1 Å². The van der Waals surface area contributed by atoms with Crippen LogP contribution in [0.25, 0.3) is 11.0 Å². The van der Waals surface area contributed by atoms with E-state index in [9.17, 15) is 13.2 Å². The first-order valence-electron chi connectivity index (χ1n) is 13.2. The number of carbonyl (C=O) groups excluding carboxylic acids is 1. The van der Waals surface area contributed by atoms with Gasteiger partial charge in [0.25, 0.3) is 5.91 Å². The Morgan fingerprint density at radius 3 is 2.74 bits per heavy atom. The van der Waals surface area contributed by atoms with Gasteiger partial charge in [0.1, 0.15) is 23.3 Å². The van der Waals surface area contributed by atoms with E-state index in [-0.39, 0.29) is 36.3 Å². The molecule has 0 saturated carbocycles. The predicted molar refractivity (Wildman–Crippen MR) is 147 cm³/mol. The van der Waals surface area contributed by atoms with Gasteiger partial charge in [0.05, 0.1) is 12.9 Å². The van der Waals surface area contributed by atoms with Crippen molar-refractivity contribution < 1.29 is 22.7 Å². The van der Waals surface area contributed by atoms with Gasteiger partial charge in [0.15, 0.2) is 0 Å². The number of amides is 1. The summed E-state index contributed by atoms with van der Waals surface area (Å²) in [4.78, 5) is 32.0. The molecule has 0 aliphatic carbocycles. The van der Waals surface area contributed by atoms with Crippen LogP contribution < -0.4 is 15.0 Å². The third kappa shape index (κ3) is 6.31. The first-order chi connectivity index (χ1) is 18.7. The summed E-state index contributed by atoms with van der Waals surface area (Å²) in [5.41, 5.74) is 2.36. The first-order valence-corrected chi connectivity index (χ1v) is 15.0. The van der Waals surface area contributed by atoms with Crippen molar-refractivity contribution in [2.24, 2.45) is 0 Å². The van der Waals surface area contributed by atoms with E-state index in [0.717, 1.165) is 37.0 Å². The van der Waals surface area contributed by atoms with Crippen LogP contribution in [0, 0.1) is 0 Å². The quantitative estimate of drug-likeness (QED) is 0.403. The highest BCUT2D eigenvalue weighted by molar-refractivity contribution is 7.88. The molecule has 0 bridgehead atoms. The molecule has 13 heteroatoms. The molecule has 2 fully saturated rings. The normalized spacial score (nSPS) is 19.9. The molecule has 0 unspecified atom stereocenters. The lowest BCUT2D eigenvalue weighted by Crippen LogP contribution is -2.39. The van der Waals surface area contributed by atoms with Crippen LogP contribution in [0.2, 0.25) is 0 Å². The van der Waals surface area contributed by atoms with Gasteiger partial charge in [-0.1, -0.05) is 0 Å². The summed E-state index contributed by atoms with van der Waals surface area (Å²) in [5, 5.41) is 4.09. The minimum atomic E-state index is -3.30. The van der Waals surface area contributed by atoms with Crippen LogP contribution >= 0.6 is 0 Å². The molecule has 39 heavy (non-hydrogen) atoms. The Hall–Kier alpha value is -3.29. The fourth-order valence-electron chi connectivity index (χ4n) is 5.33. The second kappa shape index (κ2) is 11.4. The first kappa shape index (κ1) is 27.3. The summed E-state index contributed by atoms with van der Waals surface area (Å²) in [6, 6.07) is 5.56. The monoisotopic (exact) mass is 557 g/mol. The van der Waals surface area contributed by atoms with Gasteiger partial charge in [-0.15, -0.1) is 0 Å². The molecule has 0 spiro atoms. The van der Waals surface area contributed by atoms with Crippen molar-refractivity contribution in [2.75, 3.05) is 51.1 Å². The van der Waals surface area contributed by atoms with Crippen molar-refractivity contribution in [1.82, 2.24) is 29.6 Å². The third-order valence-electron chi connectivity index (χ3n) is 7.33. The molecule has 2 aliphatic rings. The number of methoxy groups -OCH3 is 1. The van der Waals surface area contributed by atoms with Gasteiger partial charge < -0.3 is 24.7 Å². The summed E-state index contributed by atoms with van der Waals surface area (Å²) in [7, 11) is -1.71. The molecule has 12 nitrogen and oxygen atoms in total. The molecule has 2 saturated heterocycles. The van der Waals surface area contributed by atoms with E-state index >= 15 is 0 Å². The van der Waals surface area contributed by atoms with Crippen molar-refractivity contribution in [3.8, 4) is 6.01 Å². The Bertz CT molecular complexity index is 1420. The number of nitrogens with zero attached hydrogens (tertiary/aromatic N) is 5. The maximum absolute atomic E-state index is 13.2. The fourth-order valence-corrected chi connectivity index (χ4v) is 6.22. The van der Waals surface area contributed by atoms with E-state index < -0.39 is 10.0 Å². The van der Waals surface area contributed by atoms with E-state index in [4.69, 9.17) is 9.47 Å². The van der Waals surface area contributed by atoms with Gasteiger partial charge >= 0.3 is 6.01 Å². The van der Waals surface area contributed by atoms with Crippen molar-refractivity contribution in [2.45, 2.75) is 44.2 Å². The van der Waals surface area contributed by atoms with Crippen LogP contribution in [-0.4, -0.2) is 96.9 Å². The number of piperidine rings is 1. The van der Waals surface area contributed by atoms with Gasteiger partial charge in [-0.2, -0.15) is 9.97 Å². The van der Waals surface area contributed by atoms with E-state index in [1.807, 2.05) is 13.0 Å². The van der Waals surface area contributed by atoms with Crippen LogP contribution in [-0.2, 0) is 14.8 Å². The molecule has 5 heterocycles. The topological polar surface area (TPSA) is 143 Å². The van der Waals surface area contributed by atoms with Crippen molar-refractivity contribution in [3.63, 3.8) is 0 Å². The molecule has 5 rings (SSSR count). The lowest BCUT2D eigenvalue weighted by Gasteiger charge is -2.33. The minimum Gasteiger partial charge on any atom is -0.458 e. The number of aromatic amines is 1. The number of ether oxygens (including phenoxy) is 2. The maximum Gasteiger partial charge on any atom is 0.319 e. The van der Waals surface area contributed by atoms with Crippen LogP contribution in [0.3, 0.4) is 0 Å². The molecule has 3 aromatic heterocycles. The molecule has 3 aromatic rings. The zero-order valence-electron chi connectivity index (χ0n) is 22.5. The lowest BCUT2D eigenvalue weighted by molar-refractivity contribution is 0.0841. The number of H-pyrrole nitrogens is 1. The molecule has 1 amide bonds. The van der Waals surface area contributed by atoms with Gasteiger partial charge in [0, 0.05) is 63.2 Å². The molecule has 2 atom stereocenters. The van der Waals surface area contributed by atoms with Crippen LogP contribution in [0.1, 0.15) is 48.2 Å². The number of nitrogens with one attached hydrogen (secondary N) is 2. The van der Waals surface area contributed by atoms with Crippen LogP contribution in [0.4, 0.5) is 5.82 Å². The molecule has 210 valence electrons. The standard InChI is InChI=1S/C26H35N7O5S/c1-17(16-37-2)38-26-30-22(25(34)29-19-8-12-33(15-19)39(3,35)36)13-23(31-26)32-10-6-18(7-11-32)21-14-28-24-20(21)5-4-9-27-24/h4-5,9,13-14,17-19H,6-8,10-12,15-16H2,1-3H3,(H,27,28)(H,29,34)/t17-,19-/m1/s1. The van der Waals surface area contributed by atoms with Gasteiger partial charge in [-0.05, 0) is 49.8 Å². The Morgan fingerprint density at radius 2 is 2.03 bits per heavy atom. The minimum absolute atomic E-state index is 0.108. The summed E-state index contributed by atoms with van der Waals surface area (Å²) in [6.45, 7) is 4.34. The van der Waals surface area contributed by atoms with Crippen molar-refractivity contribution in [1.29, 1.82) is 0 Å². The van der Waals surface area contributed by atoms with Gasteiger partial charge in [-0.3, -0.25) is 4.79 Å². The average molecular weight is 558 g/mol. The number of carbonyl (C=O) groups is 1. The smallest absolute Gasteiger partial charge is 0.319 e. The second-order valence-corrected chi connectivity index (χ2v) is 12.2. The molecular formula is C26H35N7O5S. The third-order valence-corrected chi connectivity index (χ3v) is 8.60. The molecule has 0 aromatic carbocycles. The Labute approximate surface area is 228 Å². The van der Waals surface area contributed by atoms with Crippen LogP contribution in [0.5, 0.6) is 6.01 Å². The molecule has 2 N–H and O–H groups in total. The fraction of sp³-hybridized carbons (Fsp3) is 0.538. The van der Waals surface area contributed by atoms with Crippen LogP contribution in [0.15, 0.2) is 30.6 Å². The van der Waals surface area contributed by atoms with Gasteiger partial charge in [0.2, 0.25) is 10.0 Å². The van der Waals surface area contributed by atoms with E-state index in [1.54, 1.807) is 19.4 Å². The molecule has 0 radical (unpaired) electrons. The number of pyridine rings is 1. The molecular weight excluding hydrogens is 522 g/mol. The Kier molecular flexibility index (Phi) is 8.01. The Balaban J connectivity index is 1.32. The largest absolute Gasteiger partial charge is 0.458 e. The maximum atomic E-state index is 13.2. The summed E-state index contributed by atoms with van der Waals surface area (Å²) in [5.74, 6) is 0.629. The van der Waals surface area contributed by atoms with E-state index in [0.29, 0.717) is 31.3 Å². The SMILES string of the molecule is COC[C@@H](C)Oc1nc(C(=O)N[C@@H]2CCN(S(C)(=O)=O)C2)cc(N2CCC(c3c[nH]c4ncccc34)CC2)n1. The number of rotatable bonds is 9. The predicted octanol–water partition coefficient (Wildman–Crippen LogP) is 1.91. The lowest BCUT2D eigenvalue weighted by atomic mass is 9.89. The zero-order chi connectivity index (χ0) is 27.6. The highest BCUT2D eigenvalue weighted by Gasteiger charge is 2.31. The number of fused-ring (bicyclic) bond motifs is 1. The Morgan fingerprint density at radius 1 is 1.23 bits per heavy atom. The summed E-state index contributed by atoms with van der Waals surface area (Å²) < 4.78 is 36.2. The van der Waals surface area contributed by atoms with E-state index in [2.05, 4.69) is 42.4 Å². The number of aromatic nitrogens is 4.